The molecule has 0 unspecified atom stereocenters. The maximum absolute atomic E-state index is 10.7. The third kappa shape index (κ3) is 6.09. The molecule has 0 amide bonds. The third-order valence-electron chi connectivity index (χ3n) is 5.84. The van der Waals surface area contributed by atoms with Crippen molar-refractivity contribution in [2.45, 2.75) is 90.6 Å². The van der Waals surface area contributed by atoms with Crippen LogP contribution in [-0.2, 0) is 23.1 Å². The van der Waals surface area contributed by atoms with E-state index in [0.717, 1.165) is 30.6 Å². The van der Waals surface area contributed by atoms with Crippen molar-refractivity contribution in [1.82, 2.24) is 9.97 Å². The SMILES string of the molecule is CCCCCCc1cc2c(cc1C#Cc1cnc(CC(=O)[O-])nc1)C(C)(C)CC(C)(C)O2. The first-order chi connectivity index (χ1) is 15.1. The second-order valence-corrected chi connectivity index (χ2v) is 9.93. The van der Waals surface area contributed by atoms with Crippen molar-refractivity contribution in [1.29, 1.82) is 0 Å². The van der Waals surface area contributed by atoms with Gasteiger partial charge in [0.05, 0.1) is 5.56 Å². The lowest BCUT2D eigenvalue weighted by atomic mass is 9.73. The third-order valence-corrected chi connectivity index (χ3v) is 5.84. The Hall–Kier alpha value is -2.87. The van der Waals surface area contributed by atoms with Gasteiger partial charge in [-0.25, -0.2) is 9.97 Å². The molecule has 2 heterocycles. The Morgan fingerprint density at radius 2 is 1.81 bits per heavy atom. The number of fused-ring (bicyclic) bond motifs is 1. The highest BCUT2D eigenvalue weighted by Gasteiger charge is 2.39. The molecule has 32 heavy (non-hydrogen) atoms. The van der Waals surface area contributed by atoms with Crippen LogP contribution in [0.2, 0.25) is 0 Å². The van der Waals surface area contributed by atoms with Crippen LogP contribution in [0.1, 0.15) is 94.8 Å². The fourth-order valence-corrected chi connectivity index (χ4v) is 4.57. The topological polar surface area (TPSA) is 75.1 Å². The average Bonchev–Trinajstić information content (AvgIpc) is 2.69. The Kier molecular flexibility index (Phi) is 7.23. The molecule has 3 rings (SSSR count). The Morgan fingerprint density at radius 1 is 1.09 bits per heavy atom. The van der Waals surface area contributed by atoms with Crippen molar-refractivity contribution >= 4 is 5.97 Å². The molecule has 5 heteroatoms. The molecule has 0 spiro atoms. The summed E-state index contributed by atoms with van der Waals surface area (Å²) in [5, 5.41) is 10.7. The number of carboxylic acids is 1. The molecule has 1 aliphatic rings. The molecule has 0 fully saturated rings. The highest BCUT2D eigenvalue weighted by molar-refractivity contribution is 5.66. The number of ether oxygens (including phenoxy) is 1. The summed E-state index contributed by atoms with van der Waals surface area (Å²) in [5.74, 6) is 6.48. The summed E-state index contributed by atoms with van der Waals surface area (Å²) in [5.41, 5.74) is 3.85. The van der Waals surface area contributed by atoms with Crippen molar-refractivity contribution in [2.24, 2.45) is 0 Å². The van der Waals surface area contributed by atoms with E-state index in [1.54, 1.807) is 12.4 Å². The number of carbonyl (C=O) groups excluding carboxylic acids is 1. The van der Waals surface area contributed by atoms with Crippen molar-refractivity contribution in [2.75, 3.05) is 0 Å². The van der Waals surface area contributed by atoms with Gasteiger partial charge in [-0.2, -0.15) is 0 Å². The minimum atomic E-state index is -1.20. The molecule has 5 nitrogen and oxygen atoms in total. The van der Waals surface area contributed by atoms with Crippen LogP contribution in [0.15, 0.2) is 24.5 Å². The monoisotopic (exact) mass is 433 g/mol. The summed E-state index contributed by atoms with van der Waals surface area (Å²) in [6, 6.07) is 4.38. The smallest absolute Gasteiger partial charge is 0.133 e. The van der Waals surface area contributed by atoms with Gasteiger partial charge in [0.1, 0.15) is 17.2 Å². The van der Waals surface area contributed by atoms with Gasteiger partial charge >= 0.3 is 0 Å². The van der Waals surface area contributed by atoms with Crippen LogP contribution in [0, 0.1) is 11.8 Å². The van der Waals surface area contributed by atoms with E-state index in [9.17, 15) is 9.90 Å². The van der Waals surface area contributed by atoms with E-state index in [1.807, 2.05) is 0 Å². The predicted molar refractivity (Wildman–Crippen MR) is 123 cm³/mol. The highest BCUT2D eigenvalue weighted by atomic mass is 16.5. The van der Waals surface area contributed by atoms with Gasteiger partial charge in [0.2, 0.25) is 0 Å². The van der Waals surface area contributed by atoms with Crippen LogP contribution < -0.4 is 9.84 Å². The number of hydrogen-bond acceptors (Lipinski definition) is 5. The number of hydrogen-bond donors (Lipinski definition) is 0. The molecule has 1 aromatic carbocycles. The molecule has 2 aromatic rings. The molecular weight excluding hydrogens is 400 g/mol. The Bertz CT molecular complexity index is 1030. The van der Waals surface area contributed by atoms with Crippen LogP contribution in [0.3, 0.4) is 0 Å². The summed E-state index contributed by atoms with van der Waals surface area (Å²) in [4.78, 5) is 18.9. The highest BCUT2D eigenvalue weighted by Crippen LogP contribution is 2.45. The molecule has 170 valence electrons. The molecule has 0 aliphatic carbocycles. The van der Waals surface area contributed by atoms with E-state index in [2.05, 4.69) is 68.6 Å². The molecule has 0 N–H and O–H groups in total. The zero-order chi connectivity index (χ0) is 23.4. The van der Waals surface area contributed by atoms with Crippen molar-refractivity contribution < 1.29 is 14.6 Å². The first-order valence-corrected chi connectivity index (χ1v) is 11.5. The summed E-state index contributed by atoms with van der Waals surface area (Å²) >= 11 is 0. The molecule has 0 saturated carbocycles. The minimum absolute atomic E-state index is 0.0100. The maximum Gasteiger partial charge on any atom is 0.133 e. The lowest BCUT2D eigenvalue weighted by Gasteiger charge is -2.42. The maximum atomic E-state index is 10.7. The average molecular weight is 434 g/mol. The molecule has 0 radical (unpaired) electrons. The van der Waals surface area contributed by atoms with Gasteiger partial charge in [-0.15, -0.1) is 0 Å². The number of aryl methyl sites for hydroxylation is 1. The molecule has 0 bridgehead atoms. The summed E-state index contributed by atoms with van der Waals surface area (Å²) < 4.78 is 6.36. The van der Waals surface area contributed by atoms with Crippen LogP contribution in [0.25, 0.3) is 0 Å². The fraction of sp³-hybridized carbons (Fsp3) is 0.519. The van der Waals surface area contributed by atoms with Crippen molar-refractivity contribution in [3.63, 3.8) is 0 Å². The van der Waals surface area contributed by atoms with E-state index >= 15 is 0 Å². The van der Waals surface area contributed by atoms with Crippen molar-refractivity contribution in [3.8, 4) is 17.6 Å². The van der Waals surface area contributed by atoms with Crippen LogP contribution >= 0.6 is 0 Å². The van der Waals surface area contributed by atoms with Crippen LogP contribution in [-0.4, -0.2) is 21.5 Å². The second-order valence-electron chi connectivity index (χ2n) is 9.93. The number of benzene rings is 1. The minimum Gasteiger partial charge on any atom is -0.550 e. The molecule has 0 atom stereocenters. The largest absolute Gasteiger partial charge is 0.550 e. The first kappa shape index (κ1) is 23.8. The number of unbranched alkanes of at least 4 members (excludes halogenated alkanes) is 3. The lowest BCUT2D eigenvalue weighted by Crippen LogP contribution is -2.41. The van der Waals surface area contributed by atoms with Gasteiger partial charge in [0, 0.05) is 35.9 Å². The van der Waals surface area contributed by atoms with E-state index in [1.165, 1.54) is 30.4 Å². The van der Waals surface area contributed by atoms with Gasteiger partial charge < -0.3 is 14.6 Å². The molecular formula is C27H33N2O3-. The number of carboxylic acid groups (broad SMARTS) is 1. The number of aliphatic carboxylic acids is 1. The van der Waals surface area contributed by atoms with Gasteiger partial charge in [-0.05, 0) is 56.2 Å². The van der Waals surface area contributed by atoms with Gasteiger partial charge in [-0.3, -0.25) is 0 Å². The number of carbonyl (C=O) groups is 1. The van der Waals surface area contributed by atoms with Gasteiger partial charge in [0.25, 0.3) is 0 Å². The van der Waals surface area contributed by atoms with Crippen molar-refractivity contribution in [3.05, 3.63) is 52.6 Å². The second kappa shape index (κ2) is 9.73. The normalized spacial score (nSPS) is 15.8. The quantitative estimate of drug-likeness (QED) is 0.485. The zero-order valence-electron chi connectivity index (χ0n) is 19.9. The number of rotatable bonds is 7. The first-order valence-electron chi connectivity index (χ1n) is 11.5. The van der Waals surface area contributed by atoms with E-state index in [4.69, 9.17) is 4.74 Å². The van der Waals surface area contributed by atoms with E-state index in [-0.39, 0.29) is 23.3 Å². The number of nitrogens with zero attached hydrogens (tertiary/aromatic N) is 2. The van der Waals surface area contributed by atoms with Gasteiger partial charge in [0.15, 0.2) is 0 Å². The summed E-state index contributed by atoms with van der Waals surface area (Å²) in [6.45, 7) is 11.0. The van der Waals surface area contributed by atoms with E-state index in [0.29, 0.717) is 5.56 Å². The van der Waals surface area contributed by atoms with E-state index < -0.39 is 5.97 Å². The Balaban J connectivity index is 1.95. The van der Waals surface area contributed by atoms with Crippen LogP contribution in [0.4, 0.5) is 0 Å². The Labute approximate surface area is 191 Å². The predicted octanol–water partition coefficient (Wildman–Crippen LogP) is 4.13. The zero-order valence-corrected chi connectivity index (χ0v) is 19.9. The fourth-order valence-electron chi connectivity index (χ4n) is 4.57. The molecule has 1 aromatic heterocycles. The molecule has 1 aliphatic heterocycles. The lowest BCUT2D eigenvalue weighted by molar-refractivity contribution is -0.304. The summed E-state index contributed by atoms with van der Waals surface area (Å²) in [6.07, 6.45) is 9.48. The van der Waals surface area contributed by atoms with Crippen LogP contribution in [0.5, 0.6) is 5.75 Å². The molecule has 0 saturated heterocycles. The van der Waals surface area contributed by atoms with Gasteiger partial charge in [-0.1, -0.05) is 51.9 Å². The summed E-state index contributed by atoms with van der Waals surface area (Å²) in [7, 11) is 0. The standard InChI is InChI=1S/C27H34N2O3/c1-6-7-8-9-10-20-14-23-22(26(2,3)18-27(4,5)32-23)13-21(20)12-11-19-16-28-24(29-17-19)15-25(30)31/h13-14,16-17H,6-10,15,18H2,1-5H3,(H,30,31)/p-1. The number of aromatic nitrogens is 2. The Morgan fingerprint density at radius 3 is 2.47 bits per heavy atom.